The molecule has 1 amide bonds. The fourth-order valence-corrected chi connectivity index (χ4v) is 3.46. The van der Waals surface area contributed by atoms with Gasteiger partial charge in [-0.25, -0.2) is 17.7 Å². The minimum atomic E-state index is -3.49. The first-order valence-corrected chi connectivity index (χ1v) is 10.1. The second-order valence-electron chi connectivity index (χ2n) is 5.31. The van der Waals surface area contributed by atoms with Gasteiger partial charge in [0.1, 0.15) is 4.90 Å². The molecule has 0 saturated heterocycles. The second-order valence-corrected chi connectivity index (χ2v) is 8.90. The van der Waals surface area contributed by atoms with Crippen LogP contribution in [0.2, 0.25) is 5.02 Å². The van der Waals surface area contributed by atoms with Crippen LogP contribution < -0.4 is 5.32 Å². The van der Waals surface area contributed by atoms with Gasteiger partial charge in [0.2, 0.25) is 15.9 Å². The first-order valence-electron chi connectivity index (χ1n) is 7.31. The van der Waals surface area contributed by atoms with Gasteiger partial charge in [-0.1, -0.05) is 35.5 Å². The lowest BCUT2D eigenvalue weighted by Crippen LogP contribution is -2.24. The Morgan fingerprint density at radius 2 is 1.88 bits per heavy atom. The molecule has 2 rings (SSSR count). The van der Waals surface area contributed by atoms with E-state index in [1.807, 2.05) is 12.1 Å². The summed E-state index contributed by atoms with van der Waals surface area (Å²) in [6, 6.07) is 10.3. The summed E-state index contributed by atoms with van der Waals surface area (Å²) in [4.78, 5) is 16.1. The number of thioether (sulfide) groups is 1. The van der Waals surface area contributed by atoms with Crippen molar-refractivity contribution in [3.63, 3.8) is 0 Å². The molecule has 0 aliphatic heterocycles. The SMILES string of the molecule is CN(C)S(=O)(=O)c1ccc(SCC(=O)NCc2ccc(Cl)cc2)nc1. The number of carbonyl (C=O) groups is 1. The van der Waals surface area contributed by atoms with E-state index in [1.54, 1.807) is 18.2 Å². The summed E-state index contributed by atoms with van der Waals surface area (Å²) in [6.07, 6.45) is 1.29. The summed E-state index contributed by atoms with van der Waals surface area (Å²) < 4.78 is 25.0. The largest absolute Gasteiger partial charge is 0.351 e. The summed E-state index contributed by atoms with van der Waals surface area (Å²) in [5.74, 6) is 0.0622. The van der Waals surface area contributed by atoms with Crippen LogP contribution in [0.5, 0.6) is 0 Å². The molecule has 0 aliphatic rings. The van der Waals surface area contributed by atoms with E-state index in [1.165, 1.54) is 38.1 Å². The lowest BCUT2D eigenvalue weighted by molar-refractivity contribution is -0.118. The van der Waals surface area contributed by atoms with Crippen LogP contribution in [-0.4, -0.2) is 43.5 Å². The summed E-state index contributed by atoms with van der Waals surface area (Å²) in [7, 11) is -0.572. The molecule has 25 heavy (non-hydrogen) atoms. The van der Waals surface area contributed by atoms with Crippen molar-refractivity contribution in [1.29, 1.82) is 0 Å². The fourth-order valence-electron chi connectivity index (χ4n) is 1.81. The Morgan fingerprint density at radius 3 is 2.44 bits per heavy atom. The van der Waals surface area contributed by atoms with Gasteiger partial charge in [0.25, 0.3) is 0 Å². The second kappa shape index (κ2) is 8.66. The minimum Gasteiger partial charge on any atom is -0.351 e. The van der Waals surface area contributed by atoms with Gasteiger partial charge in [0.15, 0.2) is 0 Å². The molecule has 0 radical (unpaired) electrons. The van der Waals surface area contributed by atoms with E-state index in [9.17, 15) is 13.2 Å². The zero-order valence-corrected chi connectivity index (χ0v) is 16.2. The highest BCUT2D eigenvalue weighted by Gasteiger charge is 2.17. The molecule has 1 heterocycles. The van der Waals surface area contributed by atoms with Crippen molar-refractivity contribution in [2.45, 2.75) is 16.5 Å². The molecular formula is C16H18ClN3O3S2. The number of hydrogen-bond acceptors (Lipinski definition) is 5. The lowest BCUT2D eigenvalue weighted by atomic mass is 10.2. The summed E-state index contributed by atoms with van der Waals surface area (Å²) >= 11 is 7.05. The van der Waals surface area contributed by atoms with Crippen LogP contribution >= 0.6 is 23.4 Å². The number of halogens is 1. The van der Waals surface area contributed by atoms with Crippen LogP contribution in [0.1, 0.15) is 5.56 Å². The van der Waals surface area contributed by atoms with Gasteiger partial charge >= 0.3 is 0 Å². The number of aromatic nitrogens is 1. The first kappa shape index (κ1) is 19.7. The number of carbonyl (C=O) groups excluding carboxylic acids is 1. The monoisotopic (exact) mass is 399 g/mol. The first-order chi connectivity index (χ1) is 11.8. The van der Waals surface area contributed by atoms with E-state index in [0.29, 0.717) is 16.6 Å². The van der Waals surface area contributed by atoms with Crippen molar-refractivity contribution in [2.75, 3.05) is 19.8 Å². The van der Waals surface area contributed by atoms with E-state index in [4.69, 9.17) is 11.6 Å². The summed E-state index contributed by atoms with van der Waals surface area (Å²) in [6.45, 7) is 0.421. The third-order valence-electron chi connectivity index (χ3n) is 3.24. The standard InChI is InChI=1S/C16H18ClN3O3S2/c1-20(2)25(22,23)14-7-8-16(19-10-14)24-11-15(21)18-9-12-3-5-13(17)6-4-12/h3-8,10H,9,11H2,1-2H3,(H,18,21). The van der Waals surface area contributed by atoms with Gasteiger partial charge in [-0.3, -0.25) is 4.79 Å². The molecule has 0 atom stereocenters. The predicted molar refractivity (Wildman–Crippen MR) is 99.1 cm³/mol. The topological polar surface area (TPSA) is 79.4 Å². The minimum absolute atomic E-state index is 0.119. The molecule has 0 bridgehead atoms. The smallest absolute Gasteiger partial charge is 0.244 e. The molecule has 0 unspecified atom stereocenters. The van der Waals surface area contributed by atoms with Crippen molar-refractivity contribution in [1.82, 2.24) is 14.6 Å². The zero-order valence-electron chi connectivity index (χ0n) is 13.8. The maximum atomic E-state index is 12.0. The quantitative estimate of drug-likeness (QED) is 0.723. The van der Waals surface area contributed by atoms with Crippen LogP contribution in [0.3, 0.4) is 0 Å². The summed E-state index contributed by atoms with van der Waals surface area (Å²) in [5.41, 5.74) is 0.958. The van der Waals surface area contributed by atoms with Crippen LogP contribution in [0.15, 0.2) is 52.5 Å². The van der Waals surface area contributed by atoms with E-state index >= 15 is 0 Å². The third kappa shape index (κ3) is 5.71. The van der Waals surface area contributed by atoms with Crippen LogP contribution in [0.4, 0.5) is 0 Å². The average Bonchev–Trinajstić information content (AvgIpc) is 2.59. The predicted octanol–water partition coefficient (Wildman–Crippen LogP) is 2.39. The molecule has 0 spiro atoms. The average molecular weight is 400 g/mol. The number of pyridine rings is 1. The zero-order chi connectivity index (χ0) is 18.4. The van der Waals surface area contributed by atoms with Crippen molar-refractivity contribution in [3.05, 3.63) is 53.2 Å². The molecule has 0 aliphatic carbocycles. The maximum Gasteiger partial charge on any atom is 0.244 e. The van der Waals surface area contributed by atoms with E-state index in [-0.39, 0.29) is 16.6 Å². The van der Waals surface area contributed by atoms with Crippen molar-refractivity contribution >= 4 is 39.3 Å². The summed E-state index contributed by atoms with van der Waals surface area (Å²) in [5, 5.41) is 4.04. The van der Waals surface area contributed by atoms with Gasteiger partial charge in [0, 0.05) is 31.9 Å². The van der Waals surface area contributed by atoms with Crippen molar-refractivity contribution in [3.8, 4) is 0 Å². The Balaban J connectivity index is 1.84. The van der Waals surface area contributed by atoms with Gasteiger partial charge in [-0.05, 0) is 29.8 Å². The van der Waals surface area contributed by atoms with Gasteiger partial charge in [-0.2, -0.15) is 0 Å². The van der Waals surface area contributed by atoms with Crippen LogP contribution in [0.25, 0.3) is 0 Å². The van der Waals surface area contributed by atoms with Gasteiger partial charge in [0.05, 0.1) is 10.8 Å². The Kier molecular flexibility index (Phi) is 6.83. The molecule has 0 fully saturated rings. The molecule has 134 valence electrons. The van der Waals surface area contributed by atoms with E-state index in [2.05, 4.69) is 10.3 Å². The number of nitrogens with zero attached hydrogens (tertiary/aromatic N) is 2. The number of amides is 1. The van der Waals surface area contributed by atoms with E-state index in [0.717, 1.165) is 9.87 Å². The number of sulfonamides is 1. The molecule has 2 aromatic rings. The Hall–Kier alpha value is -1.61. The fraction of sp³-hybridized carbons (Fsp3) is 0.250. The van der Waals surface area contributed by atoms with Gasteiger partial charge < -0.3 is 5.32 Å². The lowest BCUT2D eigenvalue weighted by Gasteiger charge is -2.11. The highest BCUT2D eigenvalue weighted by molar-refractivity contribution is 7.99. The third-order valence-corrected chi connectivity index (χ3v) is 6.24. The molecule has 9 heteroatoms. The molecular weight excluding hydrogens is 382 g/mol. The Bertz CT molecular complexity index is 823. The Morgan fingerprint density at radius 1 is 1.20 bits per heavy atom. The highest BCUT2D eigenvalue weighted by Crippen LogP contribution is 2.18. The number of hydrogen-bond donors (Lipinski definition) is 1. The molecule has 6 nitrogen and oxygen atoms in total. The van der Waals surface area contributed by atoms with Crippen molar-refractivity contribution in [2.24, 2.45) is 0 Å². The number of rotatable bonds is 7. The number of benzene rings is 1. The molecule has 1 aromatic carbocycles. The van der Waals surface area contributed by atoms with Gasteiger partial charge in [-0.15, -0.1) is 0 Å². The van der Waals surface area contributed by atoms with Crippen LogP contribution in [0, 0.1) is 0 Å². The Labute approximate surface area is 156 Å². The van der Waals surface area contributed by atoms with E-state index < -0.39 is 10.0 Å². The highest BCUT2D eigenvalue weighted by atomic mass is 35.5. The molecule has 0 saturated carbocycles. The molecule has 1 N–H and O–H groups in total. The van der Waals surface area contributed by atoms with Crippen LogP contribution in [-0.2, 0) is 21.4 Å². The normalized spacial score (nSPS) is 11.5. The maximum absolute atomic E-state index is 12.0. The van der Waals surface area contributed by atoms with Crippen molar-refractivity contribution < 1.29 is 13.2 Å². The molecule has 1 aromatic heterocycles. The number of nitrogens with one attached hydrogen (secondary N) is 1.